The number of nitrogens with one attached hydrogen (secondary N) is 1. The molecule has 0 spiro atoms. The number of benzene rings is 2. The summed E-state index contributed by atoms with van der Waals surface area (Å²) in [6, 6.07) is 16.7. The minimum absolute atomic E-state index is 0.119. The van der Waals surface area contributed by atoms with Gasteiger partial charge in [-0.25, -0.2) is 0 Å². The lowest BCUT2D eigenvalue weighted by Crippen LogP contribution is -2.24. The van der Waals surface area contributed by atoms with Crippen molar-refractivity contribution in [2.45, 2.75) is 25.5 Å². The summed E-state index contributed by atoms with van der Waals surface area (Å²) in [5.74, 6) is 1.36. The molecule has 4 rings (SSSR count). The summed E-state index contributed by atoms with van der Waals surface area (Å²) in [6.45, 7) is 4.38. The van der Waals surface area contributed by atoms with E-state index in [1.54, 1.807) is 30.5 Å². The maximum absolute atomic E-state index is 12.3. The van der Waals surface area contributed by atoms with Crippen molar-refractivity contribution in [3.05, 3.63) is 77.7 Å². The van der Waals surface area contributed by atoms with Gasteiger partial charge in [-0.3, -0.25) is 9.36 Å². The summed E-state index contributed by atoms with van der Waals surface area (Å²) in [5, 5.41) is 22.4. The number of thioether (sulfide) groups is 1. The number of carbonyl (C=O) groups excluding carboxylic acids is 1. The normalized spacial score (nSPS) is 10.9. The van der Waals surface area contributed by atoms with E-state index in [-0.39, 0.29) is 17.4 Å². The van der Waals surface area contributed by atoms with Gasteiger partial charge in [0.2, 0.25) is 5.91 Å². The highest BCUT2D eigenvalue weighted by molar-refractivity contribution is 7.99. The Morgan fingerprint density at radius 2 is 1.97 bits per heavy atom. The standard InChI is InChI=1S/C23H22N4O3S/c1-15-9-10-19(16(2)12-15)27-22(18-7-3-4-8-20(18)28)25-26-23(27)31-14-21(29)24-13-17-6-5-11-30-17/h3-12,28H,13-14H2,1-2H3,(H,24,29). The molecule has 0 aliphatic heterocycles. The van der Waals surface area contributed by atoms with Crippen LogP contribution >= 0.6 is 11.8 Å². The zero-order valence-electron chi connectivity index (χ0n) is 17.2. The first-order valence-corrected chi connectivity index (χ1v) is 10.7. The number of aryl methyl sites for hydroxylation is 2. The molecule has 0 aliphatic rings. The molecule has 8 heteroatoms. The van der Waals surface area contributed by atoms with Crippen molar-refractivity contribution < 1.29 is 14.3 Å². The first kappa shape index (κ1) is 20.7. The van der Waals surface area contributed by atoms with Crippen molar-refractivity contribution in [1.82, 2.24) is 20.1 Å². The molecule has 0 radical (unpaired) electrons. The van der Waals surface area contributed by atoms with E-state index < -0.39 is 0 Å². The lowest BCUT2D eigenvalue weighted by Gasteiger charge is -2.14. The van der Waals surface area contributed by atoms with Crippen molar-refractivity contribution in [1.29, 1.82) is 0 Å². The van der Waals surface area contributed by atoms with E-state index in [0.717, 1.165) is 16.8 Å². The van der Waals surface area contributed by atoms with E-state index in [9.17, 15) is 9.90 Å². The van der Waals surface area contributed by atoms with Crippen LogP contribution in [0.1, 0.15) is 16.9 Å². The number of phenols is 1. The van der Waals surface area contributed by atoms with Crippen LogP contribution in [-0.2, 0) is 11.3 Å². The fourth-order valence-corrected chi connectivity index (χ4v) is 4.03. The van der Waals surface area contributed by atoms with Crippen LogP contribution in [0.25, 0.3) is 17.1 Å². The quantitative estimate of drug-likeness (QED) is 0.422. The summed E-state index contributed by atoms with van der Waals surface area (Å²) in [5.41, 5.74) is 3.65. The Hall–Kier alpha value is -3.52. The fraction of sp³-hybridized carbons (Fsp3) is 0.174. The Morgan fingerprint density at radius 3 is 2.71 bits per heavy atom. The van der Waals surface area contributed by atoms with Crippen molar-refractivity contribution in [2.24, 2.45) is 0 Å². The summed E-state index contributed by atoms with van der Waals surface area (Å²) in [7, 11) is 0. The number of rotatable bonds is 7. The highest BCUT2D eigenvalue weighted by atomic mass is 32.2. The number of nitrogens with zero attached hydrogens (tertiary/aromatic N) is 3. The summed E-state index contributed by atoms with van der Waals surface area (Å²) in [6.07, 6.45) is 1.57. The molecule has 31 heavy (non-hydrogen) atoms. The molecule has 158 valence electrons. The van der Waals surface area contributed by atoms with Crippen LogP contribution in [0.5, 0.6) is 5.75 Å². The summed E-state index contributed by atoms with van der Waals surface area (Å²) >= 11 is 1.29. The van der Waals surface area contributed by atoms with Crippen LogP contribution in [0, 0.1) is 13.8 Å². The van der Waals surface area contributed by atoms with Crippen LogP contribution in [-0.4, -0.2) is 31.5 Å². The zero-order valence-corrected chi connectivity index (χ0v) is 18.0. The number of furan rings is 1. The molecule has 7 nitrogen and oxygen atoms in total. The van der Waals surface area contributed by atoms with E-state index in [1.807, 2.05) is 42.7 Å². The number of hydrogen-bond acceptors (Lipinski definition) is 6. The third kappa shape index (κ3) is 4.64. The van der Waals surface area contributed by atoms with E-state index in [2.05, 4.69) is 21.6 Å². The predicted octanol–water partition coefficient (Wildman–Crippen LogP) is 4.26. The number of carbonyl (C=O) groups is 1. The topological polar surface area (TPSA) is 93.2 Å². The van der Waals surface area contributed by atoms with Crippen LogP contribution in [0.2, 0.25) is 0 Å². The van der Waals surface area contributed by atoms with Gasteiger partial charge in [0.05, 0.1) is 29.8 Å². The minimum atomic E-state index is -0.138. The lowest BCUT2D eigenvalue weighted by molar-refractivity contribution is -0.118. The van der Waals surface area contributed by atoms with Gasteiger partial charge in [-0.2, -0.15) is 0 Å². The maximum atomic E-state index is 12.3. The van der Waals surface area contributed by atoms with Gasteiger partial charge in [-0.1, -0.05) is 41.6 Å². The van der Waals surface area contributed by atoms with Gasteiger partial charge >= 0.3 is 0 Å². The molecule has 2 heterocycles. The second-order valence-electron chi connectivity index (χ2n) is 7.09. The Balaban J connectivity index is 1.63. The average Bonchev–Trinajstić information content (AvgIpc) is 3.41. The third-order valence-corrected chi connectivity index (χ3v) is 5.67. The molecular formula is C23H22N4O3S. The second kappa shape index (κ2) is 9.09. The second-order valence-corrected chi connectivity index (χ2v) is 8.04. The van der Waals surface area contributed by atoms with Gasteiger partial charge in [0.1, 0.15) is 11.5 Å². The highest BCUT2D eigenvalue weighted by Gasteiger charge is 2.20. The molecule has 2 N–H and O–H groups in total. The molecular weight excluding hydrogens is 412 g/mol. The van der Waals surface area contributed by atoms with E-state index in [1.165, 1.54) is 11.8 Å². The Morgan fingerprint density at radius 1 is 1.13 bits per heavy atom. The van der Waals surface area contributed by atoms with E-state index in [4.69, 9.17) is 4.42 Å². The van der Waals surface area contributed by atoms with Gasteiger partial charge in [0.25, 0.3) is 0 Å². The van der Waals surface area contributed by atoms with Crippen molar-refractivity contribution >= 4 is 17.7 Å². The molecule has 1 amide bonds. The van der Waals surface area contributed by atoms with Gasteiger partial charge in [-0.05, 0) is 49.7 Å². The molecule has 2 aromatic heterocycles. The first-order valence-electron chi connectivity index (χ1n) is 9.76. The largest absolute Gasteiger partial charge is 0.507 e. The van der Waals surface area contributed by atoms with Crippen molar-refractivity contribution in [3.8, 4) is 22.8 Å². The molecule has 0 atom stereocenters. The molecule has 0 saturated heterocycles. The number of amides is 1. The van der Waals surface area contributed by atoms with Crippen LogP contribution in [0.3, 0.4) is 0 Å². The molecule has 2 aromatic carbocycles. The highest BCUT2D eigenvalue weighted by Crippen LogP contribution is 2.33. The predicted molar refractivity (Wildman–Crippen MR) is 119 cm³/mol. The van der Waals surface area contributed by atoms with Crippen LogP contribution in [0.4, 0.5) is 0 Å². The fourth-order valence-electron chi connectivity index (χ4n) is 3.25. The minimum Gasteiger partial charge on any atom is -0.507 e. The molecule has 0 saturated carbocycles. The van der Waals surface area contributed by atoms with Gasteiger partial charge in [-0.15, -0.1) is 10.2 Å². The van der Waals surface area contributed by atoms with Gasteiger partial charge in [0, 0.05) is 0 Å². The van der Waals surface area contributed by atoms with Crippen LogP contribution < -0.4 is 5.32 Å². The average molecular weight is 435 g/mol. The Kier molecular flexibility index (Phi) is 6.08. The number of aromatic hydroxyl groups is 1. The lowest BCUT2D eigenvalue weighted by atomic mass is 10.1. The van der Waals surface area contributed by atoms with E-state index >= 15 is 0 Å². The monoisotopic (exact) mass is 434 g/mol. The Labute approximate surface area is 184 Å². The number of para-hydroxylation sites is 1. The smallest absolute Gasteiger partial charge is 0.230 e. The Bertz CT molecular complexity index is 1200. The van der Waals surface area contributed by atoms with Crippen LogP contribution in [0.15, 0.2) is 70.4 Å². The summed E-state index contributed by atoms with van der Waals surface area (Å²) in [4.78, 5) is 12.3. The molecule has 4 aromatic rings. The molecule has 0 aliphatic carbocycles. The van der Waals surface area contributed by atoms with E-state index in [0.29, 0.717) is 28.8 Å². The third-order valence-electron chi connectivity index (χ3n) is 4.74. The maximum Gasteiger partial charge on any atom is 0.230 e. The zero-order chi connectivity index (χ0) is 21.8. The van der Waals surface area contributed by atoms with Crippen molar-refractivity contribution in [3.63, 3.8) is 0 Å². The molecule has 0 unspecified atom stereocenters. The van der Waals surface area contributed by atoms with Gasteiger partial charge in [0.15, 0.2) is 11.0 Å². The molecule has 0 bridgehead atoms. The SMILES string of the molecule is Cc1ccc(-n2c(SCC(=O)NCc3ccco3)nnc2-c2ccccc2O)c(C)c1. The van der Waals surface area contributed by atoms with Gasteiger partial charge < -0.3 is 14.8 Å². The summed E-state index contributed by atoms with van der Waals surface area (Å²) < 4.78 is 7.12. The number of aromatic nitrogens is 3. The first-order chi connectivity index (χ1) is 15.0. The van der Waals surface area contributed by atoms with Crippen molar-refractivity contribution in [2.75, 3.05) is 5.75 Å². The number of phenolic OH excluding ortho intramolecular Hbond substituents is 1. The molecule has 0 fully saturated rings. The number of hydrogen-bond donors (Lipinski definition) is 2.